The molecule has 0 amide bonds. The summed E-state index contributed by atoms with van der Waals surface area (Å²) in [7, 11) is 0. The molecular weight excluding hydrogens is 142 g/mol. The van der Waals surface area contributed by atoms with Gasteiger partial charge in [0.1, 0.15) is 0 Å². The Morgan fingerprint density at radius 3 is 2.45 bits per heavy atom. The van der Waals surface area contributed by atoms with Gasteiger partial charge < -0.3 is 0 Å². The molecule has 0 radical (unpaired) electrons. The quantitative estimate of drug-likeness (QED) is 0.463. The minimum Gasteiger partial charge on any atom is -0.259 e. The summed E-state index contributed by atoms with van der Waals surface area (Å²) in [5.74, 6) is 0.268. The maximum atomic E-state index is 10.5. The van der Waals surface area contributed by atoms with Crippen molar-refractivity contribution in [3.8, 4) is 0 Å². The molecule has 3 heteroatoms. The van der Waals surface area contributed by atoms with Crippen LogP contribution in [-0.2, 0) is 0 Å². The van der Waals surface area contributed by atoms with Gasteiger partial charge in [0, 0.05) is 5.92 Å². The van der Waals surface area contributed by atoms with E-state index in [1.54, 1.807) is 0 Å². The lowest BCUT2D eigenvalue weighted by atomic mass is 10.1. The Bertz CT molecular complexity index is 204. The van der Waals surface area contributed by atoms with Crippen LogP contribution in [0, 0.1) is 16.0 Å². The van der Waals surface area contributed by atoms with Gasteiger partial charge in [-0.05, 0) is 31.8 Å². The molecule has 0 aliphatic heterocycles. The number of hydrogen-bond donors (Lipinski definition) is 0. The third-order valence-corrected chi connectivity index (χ3v) is 2.13. The maximum absolute atomic E-state index is 10.5. The largest absolute Gasteiger partial charge is 0.259 e. The number of hydrogen-bond acceptors (Lipinski definition) is 2. The molecule has 1 fully saturated rings. The normalized spacial score (nSPS) is 19.5. The predicted molar refractivity (Wildman–Crippen MR) is 42.7 cm³/mol. The van der Waals surface area contributed by atoms with Gasteiger partial charge in [0.2, 0.25) is 5.70 Å². The highest BCUT2D eigenvalue weighted by Crippen LogP contribution is 2.38. The zero-order valence-electron chi connectivity index (χ0n) is 6.96. The molecule has 62 valence electrons. The Labute approximate surface area is 66.3 Å². The van der Waals surface area contributed by atoms with Crippen molar-refractivity contribution in [2.24, 2.45) is 5.92 Å². The highest BCUT2D eigenvalue weighted by atomic mass is 16.6. The third kappa shape index (κ3) is 1.79. The zero-order chi connectivity index (χ0) is 8.43. The Hall–Kier alpha value is -0.860. The van der Waals surface area contributed by atoms with E-state index in [1.807, 2.05) is 13.8 Å². The van der Waals surface area contributed by atoms with Crippen molar-refractivity contribution < 1.29 is 4.92 Å². The molecule has 0 saturated heterocycles. The maximum Gasteiger partial charge on any atom is 0.248 e. The van der Waals surface area contributed by atoms with E-state index in [-0.39, 0.29) is 10.8 Å². The van der Waals surface area contributed by atoms with E-state index in [0.717, 1.165) is 24.8 Å². The van der Waals surface area contributed by atoms with Crippen LogP contribution < -0.4 is 0 Å². The zero-order valence-corrected chi connectivity index (χ0v) is 6.96. The van der Waals surface area contributed by atoms with Gasteiger partial charge in [0.15, 0.2) is 0 Å². The van der Waals surface area contributed by atoms with Crippen LogP contribution in [0.2, 0.25) is 0 Å². The fourth-order valence-corrected chi connectivity index (χ4v) is 1.19. The molecule has 0 heterocycles. The fraction of sp³-hybridized carbons (Fsp3) is 0.750. The van der Waals surface area contributed by atoms with Crippen molar-refractivity contribution in [1.82, 2.24) is 0 Å². The van der Waals surface area contributed by atoms with E-state index >= 15 is 0 Å². The Balaban J connectivity index is 2.80. The molecule has 1 saturated carbocycles. The van der Waals surface area contributed by atoms with Gasteiger partial charge in [-0.2, -0.15) is 0 Å². The van der Waals surface area contributed by atoms with E-state index in [0.29, 0.717) is 5.70 Å². The van der Waals surface area contributed by atoms with Gasteiger partial charge in [-0.15, -0.1) is 0 Å². The van der Waals surface area contributed by atoms with Crippen LogP contribution >= 0.6 is 0 Å². The molecular formula is C8H13NO2. The van der Waals surface area contributed by atoms with Crippen molar-refractivity contribution in [3.05, 3.63) is 21.4 Å². The lowest BCUT2D eigenvalue weighted by Crippen LogP contribution is -2.03. The van der Waals surface area contributed by atoms with Crippen molar-refractivity contribution in [3.63, 3.8) is 0 Å². The molecule has 0 unspecified atom stereocenters. The smallest absolute Gasteiger partial charge is 0.248 e. The van der Waals surface area contributed by atoms with Gasteiger partial charge >= 0.3 is 0 Å². The standard InChI is InChI=1S/C8H13NO2/c1-3-6(2)8(9(10)11)7-4-5-7/h7H,3-5H2,1-2H3/b8-6-. The summed E-state index contributed by atoms with van der Waals surface area (Å²) in [4.78, 5) is 10.3. The van der Waals surface area contributed by atoms with Crippen LogP contribution in [0.5, 0.6) is 0 Å². The van der Waals surface area contributed by atoms with Gasteiger partial charge in [-0.25, -0.2) is 0 Å². The molecule has 0 N–H and O–H groups in total. The molecule has 0 atom stereocenters. The summed E-state index contributed by atoms with van der Waals surface area (Å²) in [6, 6.07) is 0. The molecule has 1 aliphatic rings. The monoisotopic (exact) mass is 155 g/mol. The summed E-state index contributed by atoms with van der Waals surface area (Å²) in [5.41, 5.74) is 1.42. The molecule has 1 rings (SSSR count). The first-order valence-electron chi connectivity index (χ1n) is 4.00. The average molecular weight is 155 g/mol. The molecule has 0 spiro atoms. The number of nitrogens with zero attached hydrogens (tertiary/aromatic N) is 1. The second-order valence-corrected chi connectivity index (χ2v) is 3.05. The molecule has 11 heavy (non-hydrogen) atoms. The minimum absolute atomic E-state index is 0.212. The van der Waals surface area contributed by atoms with Gasteiger partial charge in [-0.1, -0.05) is 6.92 Å². The third-order valence-electron chi connectivity index (χ3n) is 2.13. The second kappa shape index (κ2) is 3.03. The van der Waals surface area contributed by atoms with Crippen molar-refractivity contribution >= 4 is 0 Å². The summed E-state index contributed by atoms with van der Waals surface area (Å²) in [6.07, 6.45) is 2.81. The summed E-state index contributed by atoms with van der Waals surface area (Å²) < 4.78 is 0. The second-order valence-electron chi connectivity index (χ2n) is 3.05. The lowest BCUT2D eigenvalue weighted by molar-refractivity contribution is -0.431. The SMILES string of the molecule is CC/C(C)=C(/C1CC1)[N+](=O)[O-]. The molecule has 3 nitrogen and oxygen atoms in total. The molecule has 0 aromatic carbocycles. The Kier molecular flexibility index (Phi) is 2.27. The number of rotatable bonds is 3. The highest BCUT2D eigenvalue weighted by molar-refractivity contribution is 5.12. The van der Waals surface area contributed by atoms with E-state index < -0.39 is 0 Å². The van der Waals surface area contributed by atoms with E-state index in [2.05, 4.69) is 0 Å². The fourth-order valence-electron chi connectivity index (χ4n) is 1.19. The summed E-state index contributed by atoms with van der Waals surface area (Å²) >= 11 is 0. The van der Waals surface area contributed by atoms with Crippen LogP contribution in [0.15, 0.2) is 11.3 Å². The first-order chi connectivity index (χ1) is 5.16. The molecule has 0 aromatic heterocycles. The van der Waals surface area contributed by atoms with Gasteiger partial charge in [-0.3, -0.25) is 10.1 Å². The summed E-state index contributed by atoms with van der Waals surface area (Å²) in [5, 5.41) is 10.5. The summed E-state index contributed by atoms with van der Waals surface area (Å²) in [6.45, 7) is 3.82. The van der Waals surface area contributed by atoms with Gasteiger partial charge in [0.25, 0.3) is 0 Å². The topological polar surface area (TPSA) is 43.1 Å². The Morgan fingerprint density at radius 2 is 2.18 bits per heavy atom. The van der Waals surface area contributed by atoms with Crippen LogP contribution in [0.1, 0.15) is 33.1 Å². The predicted octanol–water partition coefficient (Wildman–Crippen LogP) is 2.36. The van der Waals surface area contributed by atoms with Gasteiger partial charge in [0.05, 0.1) is 4.92 Å². The van der Waals surface area contributed by atoms with Crippen molar-refractivity contribution in [2.75, 3.05) is 0 Å². The highest BCUT2D eigenvalue weighted by Gasteiger charge is 2.35. The first-order valence-corrected chi connectivity index (χ1v) is 4.00. The Morgan fingerprint density at radius 1 is 1.64 bits per heavy atom. The average Bonchev–Trinajstić information content (AvgIpc) is 2.71. The number of allylic oxidation sites excluding steroid dienone is 2. The van der Waals surface area contributed by atoms with Crippen molar-refractivity contribution in [2.45, 2.75) is 33.1 Å². The minimum atomic E-state index is -0.212. The van der Waals surface area contributed by atoms with Crippen LogP contribution in [0.25, 0.3) is 0 Å². The number of nitro groups is 1. The molecule has 0 bridgehead atoms. The van der Waals surface area contributed by atoms with Crippen LogP contribution in [0.4, 0.5) is 0 Å². The van der Waals surface area contributed by atoms with E-state index in [4.69, 9.17) is 0 Å². The van der Waals surface area contributed by atoms with E-state index in [9.17, 15) is 10.1 Å². The molecule has 0 aromatic rings. The molecule has 1 aliphatic carbocycles. The lowest BCUT2D eigenvalue weighted by Gasteiger charge is -1.98. The first kappa shape index (κ1) is 8.24. The van der Waals surface area contributed by atoms with E-state index in [1.165, 1.54) is 0 Å². The van der Waals surface area contributed by atoms with Crippen LogP contribution in [0.3, 0.4) is 0 Å². The van der Waals surface area contributed by atoms with Crippen LogP contribution in [-0.4, -0.2) is 4.92 Å². The van der Waals surface area contributed by atoms with Crippen molar-refractivity contribution in [1.29, 1.82) is 0 Å².